The second kappa shape index (κ2) is 7.40. The molecule has 1 aliphatic heterocycles. The van der Waals surface area contributed by atoms with E-state index in [1.54, 1.807) is 0 Å². The number of hydrogen-bond acceptors (Lipinski definition) is 2. The Morgan fingerprint density at radius 1 is 1.04 bits per heavy atom. The van der Waals surface area contributed by atoms with Crippen LogP contribution in [0.25, 0.3) is 11.1 Å². The minimum atomic E-state index is -1.64. The lowest BCUT2D eigenvalue weighted by Crippen LogP contribution is -2.38. The summed E-state index contributed by atoms with van der Waals surface area (Å²) in [6, 6.07) is 18.6. The highest BCUT2D eigenvalue weighted by atomic mass is 127. The van der Waals surface area contributed by atoms with E-state index in [4.69, 9.17) is 44.5 Å². The minimum absolute atomic E-state index is 0.167. The van der Waals surface area contributed by atoms with Crippen LogP contribution in [0.4, 0.5) is 0 Å². The number of rotatable bonds is 3. The Morgan fingerprint density at radius 3 is 2.42 bits per heavy atom. The number of benzene rings is 2. The number of ether oxygens (including phenoxy) is 1. The minimum Gasteiger partial charge on any atom is -0.478 e. The van der Waals surface area contributed by atoms with Crippen LogP contribution < -0.4 is 0 Å². The molecule has 2 aromatic carbocycles. The molecule has 126 valence electrons. The van der Waals surface area contributed by atoms with E-state index in [1.807, 2.05) is 24.3 Å². The van der Waals surface area contributed by atoms with Gasteiger partial charge in [0.1, 0.15) is 5.54 Å². The van der Waals surface area contributed by atoms with Gasteiger partial charge in [0.25, 0.3) is 3.79 Å². The highest BCUT2D eigenvalue weighted by Crippen LogP contribution is 2.40. The third kappa shape index (κ3) is 3.85. The zero-order valence-corrected chi connectivity index (χ0v) is 17.1. The molecule has 24 heavy (non-hydrogen) atoms. The molecule has 3 rings (SSSR count). The summed E-state index contributed by atoms with van der Waals surface area (Å²) < 4.78 is 4.62. The van der Waals surface area contributed by atoms with Gasteiger partial charge in [0.15, 0.2) is 0 Å². The summed E-state index contributed by atoms with van der Waals surface area (Å²) >= 11 is 20.3. The molecule has 1 atom stereocenters. The molecule has 2 nitrogen and oxygen atoms in total. The van der Waals surface area contributed by atoms with Gasteiger partial charge in [0.05, 0.1) is 6.61 Å². The molecule has 0 saturated heterocycles. The molecule has 0 amide bonds. The molecule has 1 aliphatic rings. The first-order valence-electron chi connectivity index (χ1n) is 7.46. The molecule has 0 aliphatic carbocycles. The number of halogens is 4. The zero-order valence-electron chi connectivity index (χ0n) is 12.7. The first-order chi connectivity index (χ1) is 11.4. The highest BCUT2D eigenvalue weighted by Gasteiger charge is 2.40. The van der Waals surface area contributed by atoms with Crippen molar-refractivity contribution in [3.8, 4) is 11.1 Å². The van der Waals surface area contributed by atoms with Gasteiger partial charge in [0, 0.05) is 10.8 Å². The van der Waals surface area contributed by atoms with Gasteiger partial charge in [-0.25, -0.2) is 4.99 Å². The number of aliphatic imine (C=N–C) groups is 1. The van der Waals surface area contributed by atoms with Crippen molar-refractivity contribution in [3.63, 3.8) is 0 Å². The molecule has 0 aromatic heterocycles. The van der Waals surface area contributed by atoms with Crippen LogP contribution in [-0.2, 0) is 10.3 Å². The Bertz CT molecular complexity index is 745. The molecule has 6 heteroatoms. The lowest BCUT2D eigenvalue weighted by molar-refractivity contribution is 0.221. The van der Waals surface area contributed by atoms with Gasteiger partial charge < -0.3 is 4.74 Å². The van der Waals surface area contributed by atoms with Crippen LogP contribution in [0.1, 0.15) is 12.0 Å². The molecular weight excluding hydrogens is 479 g/mol. The Kier molecular flexibility index (Phi) is 5.65. The molecule has 2 aromatic rings. The molecule has 0 N–H and O–H groups in total. The average molecular weight is 495 g/mol. The summed E-state index contributed by atoms with van der Waals surface area (Å²) in [4.78, 5) is 4.70. The summed E-state index contributed by atoms with van der Waals surface area (Å²) in [5.74, 6) is 0.167. The molecule has 0 spiro atoms. The van der Waals surface area contributed by atoms with E-state index < -0.39 is 9.33 Å². The highest BCUT2D eigenvalue weighted by molar-refractivity contribution is 14.1. The maximum atomic E-state index is 5.98. The van der Waals surface area contributed by atoms with E-state index in [0.717, 1.165) is 22.0 Å². The molecular formula is C18H15Cl3INO. The van der Waals surface area contributed by atoms with Crippen LogP contribution in [0, 0.1) is 0 Å². The van der Waals surface area contributed by atoms with Gasteiger partial charge in [-0.15, -0.1) is 0 Å². The van der Waals surface area contributed by atoms with E-state index in [0.29, 0.717) is 6.61 Å². The van der Waals surface area contributed by atoms with Crippen LogP contribution in [0.15, 0.2) is 59.6 Å². The standard InChI is InChI=1S/C18H15Cl3INO/c19-18(20,21)16-23-17(12-22,9-10-24-16)15-8-4-7-14(11-15)13-5-2-1-3-6-13/h1-8,11H,9-10,12H2. The summed E-state index contributed by atoms with van der Waals surface area (Å²) in [6.07, 6.45) is 0.748. The summed E-state index contributed by atoms with van der Waals surface area (Å²) in [7, 11) is 0. The fourth-order valence-corrected chi connectivity index (χ4v) is 4.03. The predicted molar refractivity (Wildman–Crippen MR) is 111 cm³/mol. The van der Waals surface area contributed by atoms with Crippen molar-refractivity contribution in [1.82, 2.24) is 0 Å². The summed E-state index contributed by atoms with van der Waals surface area (Å²) in [5, 5.41) is 0. The normalized spacial score (nSPS) is 21.1. The van der Waals surface area contributed by atoms with Crippen LogP contribution in [0.3, 0.4) is 0 Å². The van der Waals surface area contributed by atoms with Crippen LogP contribution >= 0.6 is 57.4 Å². The predicted octanol–water partition coefficient (Wildman–Crippen LogP) is 6.17. The number of alkyl halides is 4. The Labute approximate surface area is 170 Å². The van der Waals surface area contributed by atoms with Crippen molar-refractivity contribution in [1.29, 1.82) is 0 Å². The van der Waals surface area contributed by atoms with Crippen molar-refractivity contribution in [3.05, 3.63) is 60.2 Å². The van der Waals surface area contributed by atoms with Gasteiger partial charge >= 0.3 is 0 Å². The van der Waals surface area contributed by atoms with Crippen LogP contribution in [-0.4, -0.2) is 20.7 Å². The fraction of sp³-hybridized carbons (Fsp3) is 0.278. The smallest absolute Gasteiger partial charge is 0.266 e. The third-order valence-corrected chi connectivity index (χ3v) is 5.79. The first kappa shape index (κ1) is 18.3. The summed E-state index contributed by atoms with van der Waals surface area (Å²) in [6.45, 7) is 0.477. The Morgan fingerprint density at radius 2 is 1.75 bits per heavy atom. The van der Waals surface area contributed by atoms with Gasteiger partial charge in [-0.1, -0.05) is 106 Å². The van der Waals surface area contributed by atoms with Crippen molar-refractivity contribution in [2.24, 2.45) is 4.99 Å². The molecule has 0 radical (unpaired) electrons. The zero-order chi connectivity index (χ0) is 17.2. The number of nitrogens with zero attached hydrogens (tertiary/aromatic N) is 1. The van der Waals surface area contributed by atoms with Crippen molar-refractivity contribution < 1.29 is 4.74 Å². The first-order valence-corrected chi connectivity index (χ1v) is 10.1. The van der Waals surface area contributed by atoms with Gasteiger partial charge in [-0.05, 0) is 22.8 Å². The largest absolute Gasteiger partial charge is 0.478 e. The summed E-state index contributed by atoms with van der Waals surface area (Å²) in [5.41, 5.74) is 2.98. The van der Waals surface area contributed by atoms with Gasteiger partial charge in [-0.2, -0.15) is 0 Å². The van der Waals surface area contributed by atoms with E-state index in [2.05, 4.69) is 52.9 Å². The maximum absolute atomic E-state index is 5.98. The second-order valence-corrected chi connectivity index (χ2v) is 8.67. The molecule has 1 heterocycles. The van der Waals surface area contributed by atoms with Gasteiger partial charge in [0.2, 0.25) is 5.90 Å². The molecule has 0 saturated carbocycles. The Balaban J connectivity index is 2.06. The monoisotopic (exact) mass is 493 g/mol. The average Bonchev–Trinajstić information content (AvgIpc) is 2.62. The topological polar surface area (TPSA) is 21.6 Å². The van der Waals surface area contributed by atoms with E-state index in [-0.39, 0.29) is 5.90 Å². The van der Waals surface area contributed by atoms with E-state index in [9.17, 15) is 0 Å². The lowest BCUT2D eigenvalue weighted by Gasteiger charge is -2.35. The Hall–Kier alpha value is -0.490. The fourth-order valence-electron chi connectivity index (χ4n) is 2.75. The quantitative estimate of drug-likeness (QED) is 0.369. The van der Waals surface area contributed by atoms with Crippen molar-refractivity contribution in [2.75, 3.05) is 11.0 Å². The van der Waals surface area contributed by atoms with E-state index in [1.165, 1.54) is 5.56 Å². The SMILES string of the molecule is ClC(Cl)(Cl)C1=NC(CI)(c2cccc(-c3ccccc3)c2)CCO1. The second-order valence-electron chi connectivity index (χ2n) is 5.63. The van der Waals surface area contributed by atoms with Crippen LogP contribution in [0.5, 0.6) is 0 Å². The maximum Gasteiger partial charge on any atom is 0.266 e. The van der Waals surface area contributed by atoms with Gasteiger partial charge in [-0.3, -0.25) is 0 Å². The van der Waals surface area contributed by atoms with E-state index >= 15 is 0 Å². The third-order valence-electron chi connectivity index (χ3n) is 4.04. The van der Waals surface area contributed by atoms with Crippen molar-refractivity contribution in [2.45, 2.75) is 15.8 Å². The van der Waals surface area contributed by atoms with Crippen LogP contribution in [0.2, 0.25) is 0 Å². The van der Waals surface area contributed by atoms with Crippen molar-refractivity contribution >= 4 is 63.3 Å². The molecule has 0 fully saturated rings. The lowest BCUT2D eigenvalue weighted by atomic mass is 9.87. The molecule has 0 bridgehead atoms. The molecule has 1 unspecified atom stereocenters. The number of hydrogen-bond donors (Lipinski definition) is 0.